The number of hydrogen-bond acceptors (Lipinski definition) is 3. The number of aromatic nitrogens is 1. The zero-order chi connectivity index (χ0) is 15.4. The highest BCUT2D eigenvalue weighted by Crippen LogP contribution is 2.32. The van der Waals surface area contributed by atoms with Crippen molar-refractivity contribution >= 4 is 52.1 Å². The van der Waals surface area contributed by atoms with Crippen LogP contribution < -0.4 is 10.6 Å². The van der Waals surface area contributed by atoms with E-state index in [2.05, 4.69) is 15.6 Å². The lowest BCUT2D eigenvalue weighted by molar-refractivity contribution is 0.102. The molecule has 1 amide bonds. The summed E-state index contributed by atoms with van der Waals surface area (Å²) in [5.41, 5.74) is 1.47. The van der Waals surface area contributed by atoms with Crippen LogP contribution in [0.1, 0.15) is 17.4 Å². The predicted octanol–water partition coefficient (Wildman–Crippen LogP) is 4.73. The van der Waals surface area contributed by atoms with E-state index in [0.717, 1.165) is 12.2 Å². The second-order valence-corrected chi connectivity index (χ2v) is 5.38. The Morgan fingerprint density at radius 2 is 1.86 bits per heavy atom. The summed E-state index contributed by atoms with van der Waals surface area (Å²) in [6.45, 7) is 2.72. The molecule has 1 heterocycles. The van der Waals surface area contributed by atoms with Crippen molar-refractivity contribution in [1.82, 2.24) is 4.98 Å². The van der Waals surface area contributed by atoms with Crippen LogP contribution >= 0.6 is 34.8 Å². The van der Waals surface area contributed by atoms with Crippen molar-refractivity contribution in [1.29, 1.82) is 0 Å². The number of nitrogens with zero attached hydrogens (tertiary/aromatic N) is 1. The van der Waals surface area contributed by atoms with Crippen LogP contribution in [0.2, 0.25) is 15.1 Å². The Hall–Kier alpha value is -1.49. The van der Waals surface area contributed by atoms with Gasteiger partial charge >= 0.3 is 0 Å². The van der Waals surface area contributed by atoms with E-state index in [1.807, 2.05) is 6.92 Å². The number of nitrogens with one attached hydrogen (secondary N) is 2. The van der Waals surface area contributed by atoms with Crippen LogP contribution in [0.3, 0.4) is 0 Å². The summed E-state index contributed by atoms with van der Waals surface area (Å²) in [5, 5.41) is 6.71. The van der Waals surface area contributed by atoms with Crippen LogP contribution in [0, 0.1) is 0 Å². The largest absolute Gasteiger partial charge is 0.385 e. The number of carbonyl (C=O) groups excluding carboxylic acids is 1. The van der Waals surface area contributed by atoms with Gasteiger partial charge in [0.15, 0.2) is 0 Å². The second-order valence-electron chi connectivity index (χ2n) is 4.16. The summed E-state index contributed by atoms with van der Waals surface area (Å²) >= 11 is 17.8. The first-order valence-electron chi connectivity index (χ1n) is 6.17. The van der Waals surface area contributed by atoms with Crippen molar-refractivity contribution in [3.63, 3.8) is 0 Å². The van der Waals surface area contributed by atoms with Gasteiger partial charge in [-0.1, -0.05) is 34.8 Å². The Morgan fingerprint density at radius 3 is 2.57 bits per heavy atom. The number of carbonyl (C=O) groups is 1. The zero-order valence-corrected chi connectivity index (χ0v) is 13.4. The molecule has 2 aromatic rings. The minimum absolute atomic E-state index is 0.274. The lowest BCUT2D eigenvalue weighted by atomic mass is 10.2. The summed E-state index contributed by atoms with van der Waals surface area (Å²) in [7, 11) is 0. The lowest BCUT2D eigenvalue weighted by Gasteiger charge is -2.09. The van der Waals surface area contributed by atoms with Crippen LogP contribution in [0.15, 0.2) is 30.5 Å². The number of rotatable bonds is 4. The molecular formula is C14H12Cl3N3O. The number of benzene rings is 1. The minimum atomic E-state index is -0.380. The summed E-state index contributed by atoms with van der Waals surface area (Å²) in [5.74, 6) is -0.380. The van der Waals surface area contributed by atoms with Crippen LogP contribution in [0.25, 0.3) is 0 Å². The number of halogens is 3. The van der Waals surface area contributed by atoms with Gasteiger partial charge in [-0.3, -0.25) is 9.78 Å². The molecule has 0 atom stereocenters. The van der Waals surface area contributed by atoms with Gasteiger partial charge in [-0.2, -0.15) is 0 Å². The maximum atomic E-state index is 12.2. The quantitative estimate of drug-likeness (QED) is 0.789. The molecule has 2 rings (SSSR count). The minimum Gasteiger partial charge on any atom is -0.385 e. The fourth-order valence-corrected chi connectivity index (χ4v) is 2.27. The Morgan fingerprint density at radius 1 is 1.14 bits per heavy atom. The van der Waals surface area contributed by atoms with Crippen LogP contribution in [-0.2, 0) is 0 Å². The predicted molar refractivity (Wildman–Crippen MR) is 87.8 cm³/mol. The molecule has 0 fully saturated rings. The lowest BCUT2D eigenvalue weighted by Crippen LogP contribution is -2.14. The van der Waals surface area contributed by atoms with Gasteiger partial charge in [-0.25, -0.2) is 0 Å². The number of hydrogen-bond donors (Lipinski definition) is 2. The summed E-state index contributed by atoms with van der Waals surface area (Å²) in [6.07, 6.45) is 1.56. The maximum absolute atomic E-state index is 12.2. The van der Waals surface area contributed by atoms with Gasteiger partial charge in [0.05, 0.1) is 20.8 Å². The first kappa shape index (κ1) is 15.9. The number of amides is 1. The average molecular weight is 345 g/mol. The van der Waals surface area contributed by atoms with Crippen molar-refractivity contribution in [2.24, 2.45) is 0 Å². The van der Waals surface area contributed by atoms with Crippen molar-refractivity contribution < 1.29 is 4.79 Å². The molecule has 0 aliphatic heterocycles. The molecule has 0 aliphatic carbocycles. The molecule has 4 nitrogen and oxygen atoms in total. The Labute approximate surface area is 137 Å². The van der Waals surface area contributed by atoms with Gasteiger partial charge in [0, 0.05) is 18.4 Å². The van der Waals surface area contributed by atoms with E-state index in [1.54, 1.807) is 18.3 Å². The topological polar surface area (TPSA) is 54.0 Å². The van der Waals surface area contributed by atoms with Crippen molar-refractivity contribution in [3.05, 3.63) is 51.2 Å². The molecule has 0 spiro atoms. The van der Waals surface area contributed by atoms with E-state index in [-0.39, 0.29) is 11.6 Å². The Bertz CT molecular complexity index is 677. The van der Waals surface area contributed by atoms with Gasteiger partial charge in [0.1, 0.15) is 5.69 Å². The van der Waals surface area contributed by atoms with Crippen LogP contribution in [-0.4, -0.2) is 17.4 Å². The molecule has 7 heteroatoms. The molecule has 1 aromatic carbocycles. The Balaban J connectivity index is 2.22. The molecular weight excluding hydrogens is 333 g/mol. The standard InChI is InChI=1S/C14H12Cl3N3O/c1-2-18-8-3-4-19-13(5-8)14(21)20-12-7-10(16)9(15)6-11(12)17/h3-7H,2H2,1H3,(H,18,19)(H,20,21). The smallest absolute Gasteiger partial charge is 0.274 e. The first-order chi connectivity index (χ1) is 10.0. The molecule has 2 N–H and O–H groups in total. The van der Waals surface area contributed by atoms with Crippen LogP contribution in [0.4, 0.5) is 11.4 Å². The second kappa shape index (κ2) is 6.98. The van der Waals surface area contributed by atoms with E-state index < -0.39 is 0 Å². The van der Waals surface area contributed by atoms with Crippen molar-refractivity contribution in [2.75, 3.05) is 17.2 Å². The maximum Gasteiger partial charge on any atom is 0.274 e. The molecule has 21 heavy (non-hydrogen) atoms. The first-order valence-corrected chi connectivity index (χ1v) is 7.30. The van der Waals surface area contributed by atoms with E-state index in [1.165, 1.54) is 12.1 Å². The van der Waals surface area contributed by atoms with Gasteiger partial charge in [-0.15, -0.1) is 0 Å². The zero-order valence-electron chi connectivity index (χ0n) is 11.1. The molecule has 0 bridgehead atoms. The molecule has 0 saturated heterocycles. The molecule has 0 saturated carbocycles. The number of pyridine rings is 1. The van der Waals surface area contributed by atoms with E-state index in [0.29, 0.717) is 20.8 Å². The van der Waals surface area contributed by atoms with Gasteiger partial charge < -0.3 is 10.6 Å². The highest BCUT2D eigenvalue weighted by Gasteiger charge is 2.12. The van der Waals surface area contributed by atoms with Crippen molar-refractivity contribution in [3.8, 4) is 0 Å². The fraction of sp³-hybridized carbons (Fsp3) is 0.143. The van der Waals surface area contributed by atoms with Gasteiger partial charge in [0.25, 0.3) is 5.91 Å². The molecule has 0 radical (unpaired) electrons. The van der Waals surface area contributed by atoms with E-state index in [9.17, 15) is 4.79 Å². The molecule has 110 valence electrons. The number of anilines is 2. The average Bonchev–Trinajstić information content (AvgIpc) is 2.45. The fourth-order valence-electron chi connectivity index (χ4n) is 1.67. The third-order valence-corrected chi connectivity index (χ3v) is 3.67. The summed E-state index contributed by atoms with van der Waals surface area (Å²) in [4.78, 5) is 16.2. The Kier molecular flexibility index (Phi) is 5.28. The highest BCUT2D eigenvalue weighted by molar-refractivity contribution is 6.44. The van der Waals surface area contributed by atoms with E-state index in [4.69, 9.17) is 34.8 Å². The monoisotopic (exact) mass is 343 g/mol. The third kappa shape index (κ3) is 4.00. The summed E-state index contributed by atoms with van der Waals surface area (Å²) in [6, 6.07) is 6.42. The summed E-state index contributed by atoms with van der Waals surface area (Å²) < 4.78 is 0. The van der Waals surface area contributed by atoms with Gasteiger partial charge in [-0.05, 0) is 31.2 Å². The van der Waals surface area contributed by atoms with E-state index >= 15 is 0 Å². The van der Waals surface area contributed by atoms with Crippen LogP contribution in [0.5, 0.6) is 0 Å². The molecule has 0 unspecified atom stereocenters. The molecule has 0 aliphatic rings. The molecule has 1 aromatic heterocycles. The van der Waals surface area contributed by atoms with Crippen molar-refractivity contribution in [2.45, 2.75) is 6.92 Å². The SMILES string of the molecule is CCNc1ccnc(C(=O)Nc2cc(Cl)c(Cl)cc2Cl)c1. The highest BCUT2D eigenvalue weighted by atomic mass is 35.5. The third-order valence-electron chi connectivity index (χ3n) is 2.63. The van der Waals surface area contributed by atoms with Gasteiger partial charge in [0.2, 0.25) is 0 Å². The normalized spacial score (nSPS) is 10.3.